The van der Waals surface area contributed by atoms with Gasteiger partial charge in [0.1, 0.15) is 18.3 Å². The van der Waals surface area contributed by atoms with Crippen molar-refractivity contribution < 1.29 is 19.0 Å². The van der Waals surface area contributed by atoms with Crippen molar-refractivity contribution in [3.63, 3.8) is 0 Å². The van der Waals surface area contributed by atoms with E-state index in [0.717, 1.165) is 11.1 Å². The molecule has 0 amide bonds. The predicted octanol–water partition coefficient (Wildman–Crippen LogP) is 4.90. The highest BCUT2D eigenvalue weighted by molar-refractivity contribution is 6.01. The molecule has 6 heteroatoms. The molecule has 0 saturated carbocycles. The lowest BCUT2D eigenvalue weighted by molar-refractivity contribution is -0.116. The van der Waals surface area contributed by atoms with Crippen LogP contribution in [-0.2, 0) is 16.1 Å². The molecule has 2 atom stereocenters. The van der Waals surface area contributed by atoms with Crippen LogP contribution in [0.1, 0.15) is 43.2 Å². The summed E-state index contributed by atoms with van der Waals surface area (Å²) >= 11 is 0. The molecule has 158 valence electrons. The molecule has 1 aliphatic heterocycles. The van der Waals surface area contributed by atoms with Gasteiger partial charge in [0.25, 0.3) is 0 Å². The number of benzene rings is 2. The molecule has 1 N–H and O–H groups in total. The van der Waals surface area contributed by atoms with Crippen LogP contribution < -0.4 is 9.47 Å². The maximum Gasteiger partial charge on any atom is 0.205 e. The average molecular weight is 416 g/mol. The minimum Gasteiger partial charge on any atom is -0.490 e. The van der Waals surface area contributed by atoms with Crippen LogP contribution in [0.5, 0.6) is 11.5 Å². The second-order valence-corrected chi connectivity index (χ2v) is 7.58. The molecule has 0 fully saturated rings. The number of nitrogens with one attached hydrogen (secondary N) is 1. The van der Waals surface area contributed by atoms with Gasteiger partial charge in [-0.05, 0) is 36.6 Å². The molecule has 31 heavy (non-hydrogen) atoms. The summed E-state index contributed by atoms with van der Waals surface area (Å²) < 4.78 is 17.4. The van der Waals surface area contributed by atoms with E-state index in [1.807, 2.05) is 55.5 Å². The number of allylic oxidation sites excluding steroid dienone is 2. The fourth-order valence-electron chi connectivity index (χ4n) is 4.13. The lowest BCUT2D eigenvalue weighted by atomic mass is 9.74. The van der Waals surface area contributed by atoms with Gasteiger partial charge in [0, 0.05) is 24.3 Å². The Morgan fingerprint density at radius 3 is 2.68 bits per heavy atom. The number of ketones is 1. The topological polar surface area (TPSA) is 92.4 Å². The van der Waals surface area contributed by atoms with Crippen LogP contribution in [0.15, 0.2) is 59.9 Å². The largest absolute Gasteiger partial charge is 0.490 e. The number of rotatable bonds is 6. The number of carbonyl (C=O) groups is 1. The van der Waals surface area contributed by atoms with E-state index in [1.54, 1.807) is 0 Å². The summed E-state index contributed by atoms with van der Waals surface area (Å²) in [7, 11) is 0. The lowest BCUT2D eigenvalue weighted by Gasteiger charge is -2.34. The predicted molar refractivity (Wildman–Crippen MR) is 115 cm³/mol. The third kappa shape index (κ3) is 4.17. The summed E-state index contributed by atoms with van der Waals surface area (Å²) in [4.78, 5) is 12.7. The zero-order valence-electron chi connectivity index (χ0n) is 17.4. The second-order valence-electron chi connectivity index (χ2n) is 7.58. The Hall–Kier alpha value is -3.59. The van der Waals surface area contributed by atoms with Crippen molar-refractivity contribution in [1.29, 1.82) is 10.7 Å². The van der Waals surface area contributed by atoms with Gasteiger partial charge in [0.2, 0.25) is 5.90 Å². The second kappa shape index (κ2) is 9.05. The molecule has 2 unspecified atom stereocenters. The van der Waals surface area contributed by atoms with Gasteiger partial charge < -0.3 is 14.2 Å². The SMILES string of the molecule is CCOc1cc(C2C3=C(CCCC3=O)OC(=N)C2C#N)ccc1OCc1ccccc1. The smallest absolute Gasteiger partial charge is 0.205 e. The zero-order chi connectivity index (χ0) is 21.8. The molecule has 0 bridgehead atoms. The van der Waals surface area contributed by atoms with Crippen LogP contribution in [0.2, 0.25) is 0 Å². The third-order valence-electron chi connectivity index (χ3n) is 5.57. The zero-order valence-corrected chi connectivity index (χ0v) is 17.4. The number of hydrogen-bond acceptors (Lipinski definition) is 6. The van der Waals surface area contributed by atoms with E-state index in [1.165, 1.54) is 0 Å². The Kier molecular flexibility index (Phi) is 6.03. The molecular formula is C25H24N2O4. The summed E-state index contributed by atoms with van der Waals surface area (Å²) in [6.07, 6.45) is 1.74. The van der Waals surface area contributed by atoms with Gasteiger partial charge in [-0.25, -0.2) is 0 Å². The Labute approximate surface area is 181 Å². The molecule has 6 nitrogen and oxygen atoms in total. The van der Waals surface area contributed by atoms with Gasteiger partial charge in [-0.3, -0.25) is 10.2 Å². The average Bonchev–Trinajstić information content (AvgIpc) is 2.78. The van der Waals surface area contributed by atoms with Crippen LogP contribution in [0.25, 0.3) is 0 Å². The van der Waals surface area contributed by atoms with Crippen molar-refractivity contribution in [3.8, 4) is 17.6 Å². The fraction of sp³-hybridized carbons (Fsp3) is 0.320. The molecule has 1 aliphatic carbocycles. The molecule has 4 rings (SSSR count). The normalized spacial score (nSPS) is 20.5. The molecule has 0 spiro atoms. The lowest BCUT2D eigenvalue weighted by Crippen LogP contribution is -2.34. The molecule has 2 aromatic rings. The van der Waals surface area contributed by atoms with Crippen molar-refractivity contribution >= 4 is 11.7 Å². The van der Waals surface area contributed by atoms with Crippen LogP contribution in [0, 0.1) is 22.7 Å². The van der Waals surface area contributed by atoms with E-state index in [0.29, 0.717) is 55.3 Å². The quantitative estimate of drug-likeness (QED) is 0.723. The first-order valence-corrected chi connectivity index (χ1v) is 10.5. The minimum atomic E-state index is -0.855. The summed E-state index contributed by atoms with van der Waals surface area (Å²) in [5.41, 5.74) is 2.31. The first-order chi connectivity index (χ1) is 15.1. The van der Waals surface area contributed by atoms with Crippen LogP contribution in [0.4, 0.5) is 0 Å². The van der Waals surface area contributed by atoms with E-state index in [4.69, 9.17) is 19.6 Å². The van der Waals surface area contributed by atoms with E-state index in [9.17, 15) is 10.1 Å². The van der Waals surface area contributed by atoms with Gasteiger partial charge in [0.05, 0.1) is 12.7 Å². The minimum absolute atomic E-state index is 0.0126. The number of ether oxygens (including phenoxy) is 3. The maximum absolute atomic E-state index is 12.7. The monoisotopic (exact) mass is 416 g/mol. The summed E-state index contributed by atoms with van der Waals surface area (Å²) in [5, 5.41) is 18.0. The highest BCUT2D eigenvalue weighted by atomic mass is 16.5. The molecule has 2 aliphatic rings. The first-order valence-electron chi connectivity index (χ1n) is 10.5. The van der Waals surface area contributed by atoms with Crippen molar-refractivity contribution in [1.82, 2.24) is 0 Å². The third-order valence-corrected chi connectivity index (χ3v) is 5.57. The van der Waals surface area contributed by atoms with E-state index in [2.05, 4.69) is 6.07 Å². The number of carbonyl (C=O) groups excluding carboxylic acids is 1. The van der Waals surface area contributed by atoms with E-state index in [-0.39, 0.29) is 11.7 Å². The Balaban J connectivity index is 1.70. The van der Waals surface area contributed by atoms with E-state index < -0.39 is 11.8 Å². The summed E-state index contributed by atoms with van der Waals surface area (Å²) in [6.45, 7) is 2.74. The van der Waals surface area contributed by atoms with Crippen LogP contribution in [-0.4, -0.2) is 18.3 Å². The van der Waals surface area contributed by atoms with Gasteiger partial charge in [-0.1, -0.05) is 36.4 Å². The summed E-state index contributed by atoms with van der Waals surface area (Å²) in [6, 6.07) is 17.5. The molecule has 0 radical (unpaired) electrons. The molecule has 2 aromatic carbocycles. The Bertz CT molecular complexity index is 1070. The fourth-order valence-corrected chi connectivity index (χ4v) is 4.13. The molecule has 0 aromatic heterocycles. The Morgan fingerprint density at radius 2 is 1.94 bits per heavy atom. The molecule has 0 saturated heterocycles. The first kappa shape index (κ1) is 20.7. The van der Waals surface area contributed by atoms with Crippen molar-refractivity contribution in [2.24, 2.45) is 5.92 Å². The van der Waals surface area contributed by atoms with Crippen molar-refractivity contribution in [2.45, 2.75) is 38.7 Å². The maximum atomic E-state index is 12.7. The highest BCUT2D eigenvalue weighted by Crippen LogP contribution is 2.45. The van der Waals surface area contributed by atoms with Crippen molar-refractivity contribution in [3.05, 3.63) is 71.0 Å². The highest BCUT2D eigenvalue weighted by Gasteiger charge is 2.42. The number of nitriles is 1. The van der Waals surface area contributed by atoms with Gasteiger partial charge in [0.15, 0.2) is 17.3 Å². The standard InChI is InChI=1S/C25H24N2O4/c1-2-29-22-13-17(11-12-20(22)30-15-16-7-4-3-5-8-16)23-18(14-26)25(27)31-21-10-6-9-19(28)24(21)23/h3-5,7-8,11-13,18,23,27H,2,6,9-10,15H2,1H3. The van der Waals surface area contributed by atoms with Crippen LogP contribution >= 0.6 is 0 Å². The van der Waals surface area contributed by atoms with Crippen molar-refractivity contribution in [2.75, 3.05) is 6.61 Å². The number of nitrogens with zero attached hydrogens (tertiary/aromatic N) is 1. The van der Waals surface area contributed by atoms with Gasteiger partial charge >= 0.3 is 0 Å². The number of Topliss-reactive ketones (excluding diaryl/α,β-unsaturated/α-hetero) is 1. The van der Waals surface area contributed by atoms with Gasteiger partial charge in [-0.15, -0.1) is 0 Å². The summed E-state index contributed by atoms with van der Waals surface area (Å²) in [5.74, 6) is 0.151. The molecular weight excluding hydrogens is 392 g/mol. The number of hydrogen-bond donors (Lipinski definition) is 1. The van der Waals surface area contributed by atoms with Gasteiger partial charge in [-0.2, -0.15) is 5.26 Å². The molecule has 1 heterocycles. The Morgan fingerprint density at radius 1 is 1.13 bits per heavy atom. The van der Waals surface area contributed by atoms with E-state index >= 15 is 0 Å². The van der Waals surface area contributed by atoms with Crippen LogP contribution in [0.3, 0.4) is 0 Å².